The topological polar surface area (TPSA) is 52.7 Å². The van der Waals surface area contributed by atoms with E-state index in [9.17, 15) is 4.79 Å². The molecule has 0 atom stereocenters. The van der Waals surface area contributed by atoms with Gasteiger partial charge in [0.2, 0.25) is 0 Å². The summed E-state index contributed by atoms with van der Waals surface area (Å²) in [6, 6.07) is 6.06. The van der Waals surface area contributed by atoms with Gasteiger partial charge in [-0.1, -0.05) is 0 Å². The van der Waals surface area contributed by atoms with Crippen LogP contribution in [0.2, 0.25) is 0 Å². The number of rotatable bonds is 3. The van der Waals surface area contributed by atoms with Crippen LogP contribution in [-0.2, 0) is 6.54 Å². The van der Waals surface area contributed by atoms with Gasteiger partial charge in [-0.05, 0) is 31.0 Å². The second-order valence-corrected chi connectivity index (χ2v) is 5.17. The van der Waals surface area contributed by atoms with Gasteiger partial charge in [0, 0.05) is 30.8 Å². The Bertz CT molecular complexity index is 829. The lowest BCUT2D eigenvalue weighted by Crippen LogP contribution is -2.22. The Morgan fingerprint density at radius 3 is 2.90 bits per heavy atom. The van der Waals surface area contributed by atoms with Crippen LogP contribution in [0.5, 0.6) is 0 Å². The number of aromatic nitrogens is 4. The second-order valence-electron chi connectivity index (χ2n) is 5.17. The number of hydrogen-bond donors (Lipinski definition) is 0. The molecule has 0 amide bonds. The predicted octanol–water partition coefficient (Wildman–Crippen LogP) is 1.98. The highest BCUT2D eigenvalue weighted by Crippen LogP contribution is 2.35. The second kappa shape index (κ2) is 4.30. The maximum absolute atomic E-state index is 12.4. The molecule has 1 aliphatic carbocycles. The lowest BCUT2D eigenvalue weighted by molar-refractivity contribution is 0.631. The SMILES string of the molecule is O=c1c2cccnc2ccn1Cc1nccn1C1CC1. The first-order valence-electron chi connectivity index (χ1n) is 6.79. The molecule has 0 aliphatic heterocycles. The first kappa shape index (κ1) is 11.4. The maximum Gasteiger partial charge on any atom is 0.260 e. The Balaban J connectivity index is 1.77. The average Bonchev–Trinajstić information content (AvgIpc) is 3.22. The van der Waals surface area contributed by atoms with Crippen LogP contribution < -0.4 is 5.56 Å². The van der Waals surface area contributed by atoms with E-state index in [0.717, 1.165) is 11.3 Å². The zero-order valence-electron chi connectivity index (χ0n) is 10.9. The van der Waals surface area contributed by atoms with Crippen LogP contribution in [0, 0.1) is 0 Å². The molecule has 3 heterocycles. The molecule has 5 heteroatoms. The number of imidazole rings is 1. The number of hydrogen-bond acceptors (Lipinski definition) is 3. The molecule has 0 saturated heterocycles. The fourth-order valence-corrected chi connectivity index (χ4v) is 2.54. The minimum absolute atomic E-state index is 0.0130. The molecular formula is C15H14N4O. The molecule has 3 aromatic rings. The fraction of sp³-hybridized carbons (Fsp3) is 0.267. The molecule has 20 heavy (non-hydrogen) atoms. The van der Waals surface area contributed by atoms with Crippen LogP contribution in [0.25, 0.3) is 10.9 Å². The van der Waals surface area contributed by atoms with Crippen molar-refractivity contribution in [3.8, 4) is 0 Å². The Morgan fingerprint density at radius 2 is 2.05 bits per heavy atom. The quantitative estimate of drug-likeness (QED) is 0.728. The molecule has 0 spiro atoms. The van der Waals surface area contributed by atoms with E-state index in [1.807, 2.05) is 18.3 Å². The third kappa shape index (κ3) is 1.82. The van der Waals surface area contributed by atoms with Crippen LogP contribution in [-0.4, -0.2) is 19.1 Å². The Kier molecular flexibility index (Phi) is 2.45. The van der Waals surface area contributed by atoms with Crippen molar-refractivity contribution in [3.63, 3.8) is 0 Å². The van der Waals surface area contributed by atoms with Crippen molar-refractivity contribution in [2.24, 2.45) is 0 Å². The average molecular weight is 266 g/mol. The molecule has 0 bridgehead atoms. The third-order valence-electron chi connectivity index (χ3n) is 3.74. The van der Waals surface area contributed by atoms with E-state index in [1.165, 1.54) is 12.8 Å². The van der Waals surface area contributed by atoms with Crippen molar-refractivity contribution in [2.75, 3.05) is 0 Å². The maximum atomic E-state index is 12.4. The first-order valence-corrected chi connectivity index (χ1v) is 6.79. The van der Waals surface area contributed by atoms with Crippen molar-refractivity contribution >= 4 is 10.9 Å². The van der Waals surface area contributed by atoms with Crippen molar-refractivity contribution < 1.29 is 0 Å². The van der Waals surface area contributed by atoms with Gasteiger partial charge in [-0.25, -0.2) is 4.98 Å². The third-order valence-corrected chi connectivity index (χ3v) is 3.74. The van der Waals surface area contributed by atoms with Gasteiger partial charge >= 0.3 is 0 Å². The lowest BCUT2D eigenvalue weighted by atomic mass is 10.2. The standard InChI is InChI=1S/C15H14N4O/c20-15-12-2-1-6-16-13(12)5-8-18(15)10-14-17-7-9-19(14)11-3-4-11/h1-2,5-9,11H,3-4,10H2. The molecular weight excluding hydrogens is 252 g/mol. The van der Waals surface area contributed by atoms with Gasteiger partial charge in [0.15, 0.2) is 0 Å². The zero-order valence-corrected chi connectivity index (χ0v) is 10.9. The molecule has 1 fully saturated rings. The Morgan fingerprint density at radius 1 is 1.15 bits per heavy atom. The summed E-state index contributed by atoms with van der Waals surface area (Å²) < 4.78 is 3.88. The van der Waals surface area contributed by atoms with E-state index >= 15 is 0 Å². The summed E-state index contributed by atoms with van der Waals surface area (Å²) >= 11 is 0. The van der Waals surface area contributed by atoms with Gasteiger partial charge in [-0.3, -0.25) is 9.78 Å². The van der Waals surface area contributed by atoms with Crippen LogP contribution in [0.4, 0.5) is 0 Å². The highest BCUT2D eigenvalue weighted by atomic mass is 16.1. The Hall–Kier alpha value is -2.43. The molecule has 3 aromatic heterocycles. The largest absolute Gasteiger partial charge is 0.330 e. The summed E-state index contributed by atoms with van der Waals surface area (Å²) in [5.41, 5.74) is 0.722. The van der Waals surface area contributed by atoms with Crippen molar-refractivity contribution in [1.29, 1.82) is 0 Å². The van der Waals surface area contributed by atoms with Gasteiger partial charge < -0.3 is 9.13 Å². The summed E-state index contributed by atoms with van der Waals surface area (Å²) in [7, 11) is 0. The summed E-state index contributed by atoms with van der Waals surface area (Å²) in [5, 5.41) is 0.652. The van der Waals surface area contributed by atoms with Gasteiger partial charge in [0.05, 0.1) is 17.4 Å². The molecule has 0 unspecified atom stereocenters. The van der Waals surface area contributed by atoms with E-state index in [1.54, 1.807) is 29.2 Å². The monoisotopic (exact) mass is 266 g/mol. The zero-order chi connectivity index (χ0) is 13.5. The smallest absolute Gasteiger partial charge is 0.260 e. The highest BCUT2D eigenvalue weighted by molar-refractivity contribution is 5.76. The first-order chi connectivity index (χ1) is 9.83. The van der Waals surface area contributed by atoms with Crippen LogP contribution in [0.15, 0.2) is 47.8 Å². The summed E-state index contributed by atoms with van der Waals surface area (Å²) in [6.45, 7) is 0.507. The van der Waals surface area contributed by atoms with E-state index in [4.69, 9.17) is 0 Å². The molecule has 0 radical (unpaired) electrons. The predicted molar refractivity (Wildman–Crippen MR) is 75.6 cm³/mol. The van der Waals surface area contributed by atoms with Crippen molar-refractivity contribution in [1.82, 2.24) is 19.1 Å². The van der Waals surface area contributed by atoms with Crippen molar-refractivity contribution in [3.05, 3.63) is 59.2 Å². The lowest BCUT2D eigenvalue weighted by Gasteiger charge is -2.09. The van der Waals surface area contributed by atoms with E-state index in [-0.39, 0.29) is 5.56 Å². The summed E-state index contributed by atoms with van der Waals surface area (Å²) in [4.78, 5) is 21.0. The normalized spacial score (nSPS) is 14.8. The summed E-state index contributed by atoms with van der Waals surface area (Å²) in [5.74, 6) is 0.942. The number of pyridine rings is 2. The minimum Gasteiger partial charge on any atom is -0.330 e. The van der Waals surface area contributed by atoms with E-state index < -0.39 is 0 Å². The van der Waals surface area contributed by atoms with Crippen LogP contribution >= 0.6 is 0 Å². The van der Waals surface area contributed by atoms with Crippen LogP contribution in [0.1, 0.15) is 24.7 Å². The molecule has 4 rings (SSSR count). The van der Waals surface area contributed by atoms with Crippen molar-refractivity contribution in [2.45, 2.75) is 25.4 Å². The fourth-order valence-electron chi connectivity index (χ4n) is 2.54. The Labute approximate surface area is 115 Å². The molecule has 5 nitrogen and oxygen atoms in total. The highest BCUT2D eigenvalue weighted by Gasteiger charge is 2.25. The van der Waals surface area contributed by atoms with Crippen LogP contribution in [0.3, 0.4) is 0 Å². The molecule has 1 saturated carbocycles. The number of nitrogens with zero attached hydrogens (tertiary/aromatic N) is 4. The molecule has 0 N–H and O–H groups in total. The van der Waals surface area contributed by atoms with Gasteiger partial charge in [0.1, 0.15) is 5.82 Å². The van der Waals surface area contributed by atoms with Gasteiger partial charge in [0.25, 0.3) is 5.56 Å². The summed E-state index contributed by atoms with van der Waals surface area (Å²) in [6.07, 6.45) is 9.72. The number of fused-ring (bicyclic) bond motifs is 1. The van der Waals surface area contributed by atoms with E-state index in [0.29, 0.717) is 18.0 Å². The molecule has 0 aromatic carbocycles. The molecule has 100 valence electrons. The molecule has 1 aliphatic rings. The minimum atomic E-state index is -0.0130. The van der Waals surface area contributed by atoms with Gasteiger partial charge in [-0.15, -0.1) is 0 Å². The van der Waals surface area contributed by atoms with E-state index in [2.05, 4.69) is 14.5 Å². The van der Waals surface area contributed by atoms with Gasteiger partial charge in [-0.2, -0.15) is 0 Å².